The number of carboxylic acids is 1. The fourth-order valence-electron chi connectivity index (χ4n) is 3.73. The van der Waals surface area contributed by atoms with E-state index >= 15 is 0 Å². The molecule has 0 unspecified atom stereocenters. The maximum atomic E-state index is 10.9. The number of unbranched alkanes of at least 4 members (excludes halogenated alkanes) is 9. The van der Waals surface area contributed by atoms with Crippen LogP contribution >= 0.6 is 0 Å². The Morgan fingerprint density at radius 1 is 0.821 bits per heavy atom. The molecule has 0 aliphatic heterocycles. The van der Waals surface area contributed by atoms with Gasteiger partial charge in [0.2, 0.25) is 0 Å². The van der Waals surface area contributed by atoms with Crippen molar-refractivity contribution in [3.8, 4) is 0 Å². The van der Waals surface area contributed by atoms with Crippen LogP contribution in [0.25, 0.3) is 0 Å². The molecule has 28 heavy (non-hydrogen) atoms. The van der Waals surface area contributed by atoms with E-state index in [0.29, 0.717) is 5.56 Å². The molecule has 0 radical (unpaired) electrons. The highest BCUT2D eigenvalue weighted by Gasteiger charge is 2.19. The zero-order chi connectivity index (χ0) is 20.7. The van der Waals surface area contributed by atoms with Crippen LogP contribution < -0.4 is 5.32 Å². The lowest BCUT2D eigenvalue weighted by atomic mass is 10.1. The lowest BCUT2D eigenvalue weighted by molar-refractivity contribution is 0.0697. The van der Waals surface area contributed by atoms with E-state index in [1.165, 1.54) is 82.7 Å². The maximum Gasteiger partial charge on any atom is 0.335 e. The molecule has 0 spiro atoms. The van der Waals surface area contributed by atoms with Gasteiger partial charge in [0.05, 0.1) is 5.56 Å². The van der Waals surface area contributed by atoms with E-state index in [9.17, 15) is 4.79 Å². The van der Waals surface area contributed by atoms with Gasteiger partial charge in [-0.1, -0.05) is 96.3 Å². The first-order valence-electron chi connectivity index (χ1n) is 11.5. The predicted molar refractivity (Wildman–Crippen MR) is 125 cm³/mol. The Bertz CT molecular complexity index is 528. The van der Waals surface area contributed by atoms with Gasteiger partial charge in [-0.3, -0.25) is 0 Å². The van der Waals surface area contributed by atoms with Crippen molar-refractivity contribution >= 4 is 19.7 Å². The van der Waals surface area contributed by atoms with Crippen LogP contribution in [0.15, 0.2) is 24.3 Å². The maximum absolute atomic E-state index is 10.9. The third-order valence-corrected chi connectivity index (χ3v) is 9.11. The molecule has 0 bridgehead atoms. The monoisotopic (exact) mass is 405 g/mol. The zero-order valence-corrected chi connectivity index (χ0v) is 19.6. The number of hydrogen-bond donors (Lipinski definition) is 2. The summed E-state index contributed by atoms with van der Waals surface area (Å²) in [5, 5.41) is 12.3. The Morgan fingerprint density at radius 3 is 1.86 bits per heavy atom. The van der Waals surface area contributed by atoms with Crippen LogP contribution in [0.3, 0.4) is 0 Å². The lowest BCUT2D eigenvalue weighted by Crippen LogP contribution is -2.24. The summed E-state index contributed by atoms with van der Waals surface area (Å²) in [7, 11) is -1.03. The third kappa shape index (κ3) is 12.2. The number of carbonyl (C=O) groups is 1. The molecule has 1 rings (SSSR count). The minimum Gasteiger partial charge on any atom is -0.478 e. The van der Waals surface area contributed by atoms with Crippen molar-refractivity contribution in [1.29, 1.82) is 0 Å². The molecule has 4 heteroatoms. The largest absolute Gasteiger partial charge is 0.478 e. The number of nitrogens with one attached hydrogen (secondary N) is 1. The van der Waals surface area contributed by atoms with Crippen LogP contribution in [0, 0.1) is 0 Å². The minimum atomic E-state index is -1.03. The van der Waals surface area contributed by atoms with Crippen molar-refractivity contribution in [3.05, 3.63) is 29.8 Å². The van der Waals surface area contributed by atoms with Crippen molar-refractivity contribution in [2.24, 2.45) is 0 Å². The van der Waals surface area contributed by atoms with Gasteiger partial charge in [0.25, 0.3) is 0 Å². The van der Waals surface area contributed by atoms with Gasteiger partial charge in [-0.15, -0.1) is 0 Å². The molecule has 2 N–H and O–H groups in total. The van der Waals surface area contributed by atoms with Crippen molar-refractivity contribution in [2.75, 3.05) is 11.9 Å². The second-order valence-corrected chi connectivity index (χ2v) is 14.3. The molecule has 0 saturated heterocycles. The molecule has 0 fully saturated rings. The topological polar surface area (TPSA) is 49.3 Å². The van der Waals surface area contributed by atoms with Gasteiger partial charge >= 0.3 is 5.97 Å². The highest BCUT2D eigenvalue weighted by Crippen LogP contribution is 2.22. The summed E-state index contributed by atoms with van der Waals surface area (Å²) in [6.07, 6.45) is 15.3. The normalized spacial score (nSPS) is 11.5. The Kier molecular flexibility index (Phi) is 13.0. The van der Waals surface area contributed by atoms with Crippen LogP contribution in [0.5, 0.6) is 0 Å². The van der Waals surface area contributed by atoms with Crippen molar-refractivity contribution in [3.63, 3.8) is 0 Å². The molecule has 0 aromatic heterocycles. The Labute approximate surface area is 174 Å². The molecule has 0 saturated carbocycles. The summed E-state index contributed by atoms with van der Waals surface area (Å²) >= 11 is 0. The third-order valence-electron chi connectivity index (χ3n) is 5.70. The average Bonchev–Trinajstić information content (AvgIpc) is 2.66. The highest BCUT2D eigenvalue weighted by molar-refractivity contribution is 6.77. The minimum absolute atomic E-state index is 0.342. The first-order valence-corrected chi connectivity index (χ1v) is 14.9. The summed E-state index contributed by atoms with van der Waals surface area (Å²) in [5.41, 5.74) is 1.35. The SMILES string of the molecule is CCCCCCCCCCC[Si](C)(C)CCCCNc1ccc(C(=O)O)cc1. The molecule has 0 aliphatic rings. The first kappa shape index (κ1) is 24.7. The average molecular weight is 406 g/mol. The molecular formula is C24H43NO2Si. The number of benzene rings is 1. The first-order chi connectivity index (χ1) is 13.4. The van der Waals surface area contributed by atoms with Crippen LogP contribution in [0.2, 0.25) is 25.2 Å². The molecule has 160 valence electrons. The van der Waals surface area contributed by atoms with Crippen LogP contribution in [-0.4, -0.2) is 25.7 Å². The second-order valence-electron chi connectivity index (χ2n) is 9.01. The Hall–Kier alpha value is -1.29. The van der Waals surface area contributed by atoms with Crippen molar-refractivity contribution in [1.82, 2.24) is 0 Å². The van der Waals surface area contributed by atoms with Gasteiger partial charge in [0, 0.05) is 20.3 Å². The van der Waals surface area contributed by atoms with Crippen molar-refractivity contribution in [2.45, 2.75) is 103 Å². The number of hydrogen-bond acceptors (Lipinski definition) is 2. The van der Waals surface area contributed by atoms with E-state index in [0.717, 1.165) is 12.2 Å². The van der Waals surface area contributed by atoms with E-state index < -0.39 is 14.0 Å². The Balaban J connectivity index is 2.02. The zero-order valence-electron chi connectivity index (χ0n) is 18.6. The molecule has 0 amide bonds. The van der Waals surface area contributed by atoms with Gasteiger partial charge in [-0.2, -0.15) is 0 Å². The molecular weight excluding hydrogens is 362 g/mol. The second kappa shape index (κ2) is 14.7. The fourth-order valence-corrected chi connectivity index (χ4v) is 6.40. The van der Waals surface area contributed by atoms with Crippen LogP contribution in [0.4, 0.5) is 5.69 Å². The number of anilines is 1. The van der Waals surface area contributed by atoms with Gasteiger partial charge in [0.15, 0.2) is 0 Å². The number of carboxylic acid groups (broad SMARTS) is 1. The van der Waals surface area contributed by atoms with E-state index in [1.807, 2.05) is 12.1 Å². The van der Waals surface area contributed by atoms with E-state index in [1.54, 1.807) is 12.1 Å². The predicted octanol–water partition coefficient (Wildman–Crippen LogP) is 7.82. The summed E-state index contributed by atoms with van der Waals surface area (Å²) in [6, 6.07) is 9.92. The van der Waals surface area contributed by atoms with Gasteiger partial charge in [-0.25, -0.2) is 4.79 Å². The summed E-state index contributed by atoms with van der Waals surface area (Å²) in [5.74, 6) is -0.870. The lowest BCUT2D eigenvalue weighted by Gasteiger charge is -2.22. The summed E-state index contributed by atoms with van der Waals surface area (Å²) in [6.45, 7) is 8.35. The molecule has 0 heterocycles. The van der Waals surface area contributed by atoms with Gasteiger partial charge in [-0.05, 0) is 30.7 Å². The van der Waals surface area contributed by atoms with E-state index in [2.05, 4.69) is 25.3 Å². The van der Waals surface area contributed by atoms with E-state index in [-0.39, 0.29) is 0 Å². The van der Waals surface area contributed by atoms with Crippen LogP contribution in [-0.2, 0) is 0 Å². The summed E-state index contributed by atoms with van der Waals surface area (Å²) < 4.78 is 0. The molecule has 3 nitrogen and oxygen atoms in total. The summed E-state index contributed by atoms with van der Waals surface area (Å²) in [4.78, 5) is 10.9. The fraction of sp³-hybridized carbons (Fsp3) is 0.708. The van der Waals surface area contributed by atoms with Crippen LogP contribution in [0.1, 0.15) is 87.9 Å². The molecule has 1 aromatic carbocycles. The quantitative estimate of drug-likeness (QED) is 0.205. The Morgan fingerprint density at radius 2 is 1.32 bits per heavy atom. The standard InChI is InChI=1S/C24H43NO2Si/c1-4-5-6-7-8-9-10-11-13-20-28(2,3)21-14-12-19-25-23-17-15-22(16-18-23)24(26)27/h15-18,25H,4-14,19-21H2,1-3H3,(H,26,27). The smallest absolute Gasteiger partial charge is 0.335 e. The van der Waals surface area contributed by atoms with E-state index in [4.69, 9.17) is 5.11 Å². The molecule has 1 aromatic rings. The molecule has 0 aliphatic carbocycles. The van der Waals surface area contributed by atoms with Gasteiger partial charge in [0.1, 0.15) is 0 Å². The highest BCUT2D eigenvalue weighted by atomic mass is 28.3. The van der Waals surface area contributed by atoms with Gasteiger partial charge < -0.3 is 10.4 Å². The number of rotatable bonds is 17. The van der Waals surface area contributed by atoms with Crippen molar-refractivity contribution < 1.29 is 9.90 Å². The molecule has 0 atom stereocenters. The number of aromatic carboxylic acids is 1.